The fourth-order valence-corrected chi connectivity index (χ4v) is 5.22. The van der Waals surface area contributed by atoms with Crippen molar-refractivity contribution in [1.29, 1.82) is 0 Å². The zero-order chi connectivity index (χ0) is 23.3. The second kappa shape index (κ2) is 10.5. The summed E-state index contributed by atoms with van der Waals surface area (Å²) in [7, 11) is 10.6. The van der Waals surface area contributed by atoms with E-state index in [-0.39, 0.29) is 18.6 Å². The van der Waals surface area contributed by atoms with Gasteiger partial charge in [-0.15, -0.1) is 0 Å². The summed E-state index contributed by atoms with van der Waals surface area (Å²) in [6.07, 6.45) is 5.57. The number of ether oxygens (including phenoxy) is 5. The summed E-state index contributed by atoms with van der Waals surface area (Å²) < 4.78 is 28.9. The Labute approximate surface area is 191 Å². The van der Waals surface area contributed by atoms with Crippen molar-refractivity contribution in [1.82, 2.24) is 0 Å². The van der Waals surface area contributed by atoms with Gasteiger partial charge in [0.15, 0.2) is 23.0 Å². The zero-order valence-corrected chi connectivity index (χ0v) is 20.3. The van der Waals surface area contributed by atoms with Gasteiger partial charge >= 0.3 is 0 Å². The van der Waals surface area contributed by atoms with E-state index in [0.717, 1.165) is 60.5 Å². The quantitative estimate of drug-likeness (QED) is 0.552. The number of quaternary nitrogens is 1. The van der Waals surface area contributed by atoms with Crippen LogP contribution in [0.1, 0.15) is 36.4 Å². The summed E-state index contributed by atoms with van der Waals surface area (Å²) in [5.74, 6) is 3.94. The second-order valence-electron chi connectivity index (χ2n) is 8.77. The first-order valence-corrected chi connectivity index (χ1v) is 11.2. The van der Waals surface area contributed by atoms with Crippen molar-refractivity contribution >= 4 is 0 Å². The van der Waals surface area contributed by atoms with Crippen LogP contribution in [0.4, 0.5) is 0 Å². The zero-order valence-electron chi connectivity index (χ0n) is 20.3. The van der Waals surface area contributed by atoms with Crippen LogP contribution in [-0.2, 0) is 20.6 Å². The van der Waals surface area contributed by atoms with Crippen LogP contribution < -0.4 is 9.47 Å². The number of methoxy groups -OCH3 is 5. The molecule has 0 fully saturated rings. The molecule has 0 saturated carbocycles. The van der Waals surface area contributed by atoms with Gasteiger partial charge in [-0.2, -0.15) is 0 Å². The first-order chi connectivity index (χ1) is 15.4. The molecule has 7 nitrogen and oxygen atoms in total. The normalized spacial score (nSPS) is 25.0. The number of fused-ring (bicyclic) bond motifs is 1. The van der Waals surface area contributed by atoms with Gasteiger partial charge in [0.1, 0.15) is 11.8 Å². The molecule has 1 N–H and O–H groups in total. The van der Waals surface area contributed by atoms with E-state index in [2.05, 4.69) is 25.3 Å². The molecule has 0 radical (unpaired) electrons. The Balaban J connectivity index is 2.01. The van der Waals surface area contributed by atoms with Crippen molar-refractivity contribution in [2.75, 3.05) is 62.3 Å². The number of aliphatic hydroxyl groups is 1. The predicted molar refractivity (Wildman–Crippen MR) is 122 cm³/mol. The maximum absolute atomic E-state index is 9.55. The Morgan fingerprint density at radius 1 is 0.969 bits per heavy atom. The molecule has 2 unspecified atom stereocenters. The molecule has 0 bridgehead atoms. The van der Waals surface area contributed by atoms with Gasteiger partial charge in [0.05, 0.1) is 55.7 Å². The van der Waals surface area contributed by atoms with Crippen LogP contribution in [0, 0.1) is 5.92 Å². The Hall–Kier alpha value is -2.38. The van der Waals surface area contributed by atoms with Gasteiger partial charge in [0.2, 0.25) is 0 Å². The van der Waals surface area contributed by atoms with E-state index in [1.54, 1.807) is 35.5 Å². The van der Waals surface area contributed by atoms with Crippen molar-refractivity contribution in [3.63, 3.8) is 0 Å². The minimum atomic E-state index is 0.199. The van der Waals surface area contributed by atoms with Gasteiger partial charge in [-0.05, 0) is 29.7 Å². The molecule has 32 heavy (non-hydrogen) atoms. The van der Waals surface area contributed by atoms with Crippen molar-refractivity contribution < 1.29 is 33.3 Å². The number of benzene rings is 1. The highest BCUT2D eigenvalue weighted by atomic mass is 16.5. The maximum atomic E-state index is 9.55. The maximum Gasteiger partial charge on any atom is 0.198 e. The Morgan fingerprint density at radius 3 is 2.28 bits per heavy atom. The van der Waals surface area contributed by atoms with E-state index < -0.39 is 0 Å². The third-order valence-corrected chi connectivity index (χ3v) is 6.98. The molecule has 0 saturated heterocycles. The van der Waals surface area contributed by atoms with E-state index in [1.807, 2.05) is 0 Å². The van der Waals surface area contributed by atoms with E-state index in [1.165, 1.54) is 11.1 Å². The number of hydrogen-bond acceptors (Lipinski definition) is 6. The monoisotopic (exact) mass is 448 g/mol. The van der Waals surface area contributed by atoms with E-state index in [9.17, 15) is 5.11 Å². The topological polar surface area (TPSA) is 66.4 Å². The molecule has 1 aliphatic carbocycles. The summed E-state index contributed by atoms with van der Waals surface area (Å²) in [4.78, 5) is 0. The molecule has 3 rings (SSSR count). The Kier molecular flexibility index (Phi) is 7.96. The molecule has 0 spiro atoms. The number of aliphatic hydroxyl groups excluding tert-OH is 1. The lowest BCUT2D eigenvalue weighted by Crippen LogP contribution is -2.52. The summed E-state index contributed by atoms with van der Waals surface area (Å²) >= 11 is 0. The molecule has 1 aromatic carbocycles. The Morgan fingerprint density at radius 2 is 1.69 bits per heavy atom. The van der Waals surface area contributed by atoms with Crippen LogP contribution in [0.2, 0.25) is 0 Å². The average molecular weight is 449 g/mol. The minimum absolute atomic E-state index is 0.199. The van der Waals surface area contributed by atoms with Crippen molar-refractivity contribution in [3.8, 4) is 11.5 Å². The fraction of sp³-hybridized carbons (Fsp3) is 0.600. The molecule has 1 aromatic rings. The highest BCUT2D eigenvalue weighted by molar-refractivity contribution is 5.49. The van der Waals surface area contributed by atoms with Gasteiger partial charge in [-0.25, -0.2) is 0 Å². The lowest BCUT2D eigenvalue weighted by atomic mass is 9.82. The third-order valence-electron chi connectivity index (χ3n) is 6.98. The second-order valence-corrected chi connectivity index (χ2v) is 8.77. The molecule has 7 heteroatoms. The van der Waals surface area contributed by atoms with Crippen molar-refractivity contribution in [2.45, 2.75) is 31.7 Å². The number of allylic oxidation sites excluding steroid dienone is 2. The number of rotatable bonds is 10. The largest absolute Gasteiger partial charge is 0.497 e. The van der Waals surface area contributed by atoms with Gasteiger partial charge in [0.25, 0.3) is 0 Å². The molecule has 1 aliphatic heterocycles. The van der Waals surface area contributed by atoms with Crippen LogP contribution in [-0.4, -0.2) is 71.9 Å². The van der Waals surface area contributed by atoms with Crippen molar-refractivity contribution in [2.24, 2.45) is 5.92 Å². The fourth-order valence-electron chi connectivity index (χ4n) is 5.22. The van der Waals surface area contributed by atoms with Crippen LogP contribution in [0.25, 0.3) is 0 Å². The van der Waals surface area contributed by atoms with Crippen LogP contribution in [0.5, 0.6) is 11.5 Å². The smallest absolute Gasteiger partial charge is 0.198 e. The Bertz CT molecular complexity index is 864. The van der Waals surface area contributed by atoms with Crippen LogP contribution >= 0.6 is 0 Å². The van der Waals surface area contributed by atoms with E-state index >= 15 is 0 Å². The molecule has 178 valence electrons. The SMILES string of the molecule is COC1=CC(C[C@@H]2c3cc(OC)c(OC)cc3CC[N+]2(C)CCCO)CC(OC)=C1OC. The lowest BCUT2D eigenvalue weighted by Gasteiger charge is -2.47. The van der Waals surface area contributed by atoms with Crippen LogP contribution in [0.3, 0.4) is 0 Å². The highest BCUT2D eigenvalue weighted by Gasteiger charge is 2.41. The van der Waals surface area contributed by atoms with E-state index in [4.69, 9.17) is 23.7 Å². The average Bonchev–Trinajstić information content (AvgIpc) is 2.83. The number of nitrogens with zero attached hydrogens (tertiary/aromatic N) is 1. The molecule has 3 atom stereocenters. The number of hydrogen-bond donors (Lipinski definition) is 1. The molecule has 0 amide bonds. The standard InChI is InChI=1S/C25H38NO6/c1-26(9-7-11-27)10-8-18-15-21(28-2)22(29-3)16-19(18)20(26)12-17-13-23(30-4)25(32-6)24(14-17)31-5/h13,15-17,20,27H,7-12,14H2,1-6H3/q+1/t17?,20-,26?/m1/s1. The minimum Gasteiger partial charge on any atom is -0.497 e. The van der Waals surface area contributed by atoms with Crippen molar-refractivity contribution in [3.05, 3.63) is 46.6 Å². The van der Waals surface area contributed by atoms with Crippen LogP contribution in [0.15, 0.2) is 35.5 Å². The third kappa shape index (κ3) is 4.69. The molecular formula is C25H38NO6+. The van der Waals surface area contributed by atoms with Gasteiger partial charge in [-0.1, -0.05) is 0 Å². The summed E-state index contributed by atoms with van der Waals surface area (Å²) in [5, 5.41) is 9.55. The predicted octanol–water partition coefficient (Wildman–Crippen LogP) is 3.57. The molecule has 2 aliphatic rings. The van der Waals surface area contributed by atoms with E-state index in [0.29, 0.717) is 11.5 Å². The lowest BCUT2D eigenvalue weighted by molar-refractivity contribution is -0.942. The summed E-state index contributed by atoms with van der Waals surface area (Å²) in [6.45, 7) is 2.13. The molecule has 0 aromatic heterocycles. The van der Waals surface area contributed by atoms with Gasteiger partial charge in [-0.3, -0.25) is 0 Å². The molecule has 1 heterocycles. The highest BCUT2D eigenvalue weighted by Crippen LogP contribution is 2.45. The van der Waals surface area contributed by atoms with Gasteiger partial charge < -0.3 is 33.3 Å². The first-order valence-electron chi connectivity index (χ1n) is 11.2. The van der Waals surface area contributed by atoms with Gasteiger partial charge in [0, 0.05) is 37.9 Å². The summed E-state index contributed by atoms with van der Waals surface area (Å²) in [5.41, 5.74) is 2.60. The number of likely N-dealkylation sites (N-methyl/N-ethyl adjacent to an activating group) is 1. The summed E-state index contributed by atoms with van der Waals surface area (Å²) in [6, 6.07) is 4.51. The first kappa shape index (κ1) is 24.3. The molecular weight excluding hydrogens is 410 g/mol.